The standard InChI is InChI=1S/C21H21N5O3/c1-28-15-7-8-17-14(13-15)9-11-26(17)12-10-19(27)22-21-23-20(24-25-21)16-5-3-4-6-18(16)29-2/h3-9,11,13H,10,12H2,1-2H3,(H2,22,23,24,25,27). The summed E-state index contributed by atoms with van der Waals surface area (Å²) in [5.41, 5.74) is 1.83. The molecule has 0 atom stereocenters. The topological polar surface area (TPSA) is 94.1 Å². The van der Waals surface area contributed by atoms with Crippen LogP contribution in [0.15, 0.2) is 54.7 Å². The highest BCUT2D eigenvalue weighted by Crippen LogP contribution is 2.27. The zero-order valence-corrected chi connectivity index (χ0v) is 16.2. The van der Waals surface area contributed by atoms with Crippen LogP contribution in [0.25, 0.3) is 22.3 Å². The van der Waals surface area contributed by atoms with Crippen LogP contribution in [0.5, 0.6) is 11.5 Å². The molecule has 0 saturated carbocycles. The van der Waals surface area contributed by atoms with Gasteiger partial charge in [0, 0.05) is 30.1 Å². The number of hydrogen-bond acceptors (Lipinski definition) is 5. The Kier molecular flexibility index (Phi) is 5.15. The second kappa shape index (κ2) is 8.05. The van der Waals surface area contributed by atoms with Gasteiger partial charge in [0.1, 0.15) is 11.5 Å². The number of aromatic amines is 1. The summed E-state index contributed by atoms with van der Waals surface area (Å²) in [4.78, 5) is 16.7. The summed E-state index contributed by atoms with van der Waals surface area (Å²) >= 11 is 0. The minimum absolute atomic E-state index is 0.161. The molecule has 4 aromatic rings. The number of ether oxygens (including phenoxy) is 2. The molecule has 0 saturated heterocycles. The molecule has 0 radical (unpaired) electrons. The van der Waals surface area contributed by atoms with E-state index in [4.69, 9.17) is 9.47 Å². The van der Waals surface area contributed by atoms with E-state index in [0.717, 1.165) is 22.2 Å². The van der Waals surface area contributed by atoms with Crippen molar-refractivity contribution in [1.29, 1.82) is 0 Å². The molecule has 0 aliphatic rings. The Labute approximate surface area is 167 Å². The Hall–Kier alpha value is -3.81. The van der Waals surface area contributed by atoms with Crippen molar-refractivity contribution in [2.45, 2.75) is 13.0 Å². The van der Waals surface area contributed by atoms with Gasteiger partial charge >= 0.3 is 0 Å². The second-order valence-corrected chi connectivity index (χ2v) is 6.44. The quantitative estimate of drug-likeness (QED) is 0.503. The average Bonchev–Trinajstić information content (AvgIpc) is 3.38. The van der Waals surface area contributed by atoms with E-state index in [1.165, 1.54) is 0 Å². The van der Waals surface area contributed by atoms with Gasteiger partial charge in [0.25, 0.3) is 0 Å². The molecular weight excluding hydrogens is 370 g/mol. The van der Waals surface area contributed by atoms with Gasteiger partial charge in [-0.25, -0.2) is 0 Å². The van der Waals surface area contributed by atoms with Gasteiger partial charge in [0.05, 0.1) is 19.8 Å². The maximum Gasteiger partial charge on any atom is 0.249 e. The number of hydrogen-bond donors (Lipinski definition) is 2. The number of fused-ring (bicyclic) bond motifs is 1. The van der Waals surface area contributed by atoms with Crippen LogP contribution in [0.2, 0.25) is 0 Å². The largest absolute Gasteiger partial charge is 0.497 e. The number of amides is 1. The van der Waals surface area contributed by atoms with Crippen LogP contribution in [-0.4, -0.2) is 39.9 Å². The van der Waals surface area contributed by atoms with Crippen molar-refractivity contribution in [3.8, 4) is 22.9 Å². The number of carbonyl (C=O) groups excluding carboxylic acids is 1. The molecule has 8 heteroatoms. The first-order valence-electron chi connectivity index (χ1n) is 9.16. The summed E-state index contributed by atoms with van der Waals surface area (Å²) in [5.74, 6) is 2.09. The minimum Gasteiger partial charge on any atom is -0.497 e. The van der Waals surface area contributed by atoms with Crippen molar-refractivity contribution < 1.29 is 14.3 Å². The van der Waals surface area contributed by atoms with E-state index in [1.54, 1.807) is 14.2 Å². The predicted molar refractivity (Wildman–Crippen MR) is 110 cm³/mol. The Morgan fingerprint density at radius 1 is 1.14 bits per heavy atom. The Morgan fingerprint density at radius 3 is 2.83 bits per heavy atom. The Balaban J connectivity index is 1.40. The first kappa shape index (κ1) is 18.5. The molecule has 4 rings (SSSR count). The highest BCUT2D eigenvalue weighted by Gasteiger charge is 2.12. The average molecular weight is 391 g/mol. The summed E-state index contributed by atoms with van der Waals surface area (Å²) in [5, 5.41) is 10.7. The molecule has 2 heterocycles. The monoisotopic (exact) mass is 391 g/mol. The van der Waals surface area contributed by atoms with Crippen molar-refractivity contribution in [2.24, 2.45) is 0 Å². The number of methoxy groups -OCH3 is 2. The van der Waals surface area contributed by atoms with E-state index in [-0.39, 0.29) is 11.9 Å². The van der Waals surface area contributed by atoms with Crippen molar-refractivity contribution in [2.75, 3.05) is 19.5 Å². The highest BCUT2D eigenvalue weighted by molar-refractivity contribution is 5.89. The number of benzene rings is 2. The summed E-state index contributed by atoms with van der Waals surface area (Å²) in [6, 6.07) is 15.3. The van der Waals surface area contributed by atoms with Crippen LogP contribution in [0, 0.1) is 0 Å². The molecule has 2 aromatic carbocycles. The number of para-hydroxylation sites is 1. The van der Waals surface area contributed by atoms with Crippen molar-refractivity contribution in [3.63, 3.8) is 0 Å². The van der Waals surface area contributed by atoms with Gasteiger partial charge in [-0.2, -0.15) is 4.98 Å². The number of anilines is 1. The van der Waals surface area contributed by atoms with E-state index >= 15 is 0 Å². The van der Waals surface area contributed by atoms with Crippen LogP contribution >= 0.6 is 0 Å². The van der Waals surface area contributed by atoms with E-state index in [0.29, 0.717) is 24.5 Å². The number of rotatable bonds is 7. The van der Waals surface area contributed by atoms with E-state index < -0.39 is 0 Å². The molecule has 8 nitrogen and oxygen atoms in total. The summed E-state index contributed by atoms with van der Waals surface area (Å²) in [6.07, 6.45) is 2.26. The van der Waals surface area contributed by atoms with Crippen molar-refractivity contribution >= 4 is 22.8 Å². The summed E-state index contributed by atoms with van der Waals surface area (Å²) in [7, 11) is 3.24. The number of aromatic nitrogens is 4. The minimum atomic E-state index is -0.161. The number of aryl methyl sites for hydroxylation is 1. The Morgan fingerprint density at radius 2 is 2.00 bits per heavy atom. The normalized spacial score (nSPS) is 10.8. The third kappa shape index (κ3) is 3.91. The molecule has 0 aliphatic heterocycles. The lowest BCUT2D eigenvalue weighted by Gasteiger charge is -2.06. The Bertz CT molecular complexity index is 1150. The van der Waals surface area contributed by atoms with E-state index in [1.807, 2.05) is 59.3 Å². The third-order valence-corrected chi connectivity index (χ3v) is 4.66. The van der Waals surface area contributed by atoms with Crippen LogP contribution in [0.4, 0.5) is 5.95 Å². The lowest BCUT2D eigenvalue weighted by atomic mass is 10.2. The van der Waals surface area contributed by atoms with E-state index in [2.05, 4.69) is 20.5 Å². The number of carbonyl (C=O) groups is 1. The number of H-pyrrole nitrogens is 1. The zero-order chi connectivity index (χ0) is 20.2. The number of nitrogens with zero attached hydrogens (tertiary/aromatic N) is 3. The fourth-order valence-electron chi connectivity index (χ4n) is 3.19. The summed E-state index contributed by atoms with van der Waals surface area (Å²) in [6.45, 7) is 0.547. The van der Waals surface area contributed by atoms with Gasteiger partial charge in [0.15, 0.2) is 5.82 Å². The fraction of sp³-hybridized carbons (Fsp3) is 0.190. The van der Waals surface area contributed by atoms with E-state index in [9.17, 15) is 4.79 Å². The lowest BCUT2D eigenvalue weighted by Crippen LogP contribution is -2.15. The van der Waals surface area contributed by atoms with Crippen LogP contribution in [0.3, 0.4) is 0 Å². The molecule has 2 aromatic heterocycles. The number of nitrogens with one attached hydrogen (secondary N) is 2. The van der Waals surface area contributed by atoms with Crippen LogP contribution in [0.1, 0.15) is 6.42 Å². The first-order valence-corrected chi connectivity index (χ1v) is 9.16. The molecule has 0 unspecified atom stereocenters. The molecule has 0 aliphatic carbocycles. The predicted octanol–water partition coefficient (Wildman–Crippen LogP) is 3.47. The van der Waals surface area contributed by atoms with Gasteiger partial charge in [-0.15, -0.1) is 5.10 Å². The third-order valence-electron chi connectivity index (χ3n) is 4.66. The van der Waals surface area contributed by atoms with Crippen LogP contribution < -0.4 is 14.8 Å². The smallest absolute Gasteiger partial charge is 0.249 e. The molecule has 29 heavy (non-hydrogen) atoms. The molecule has 0 fully saturated rings. The molecular formula is C21H21N5O3. The molecule has 0 bridgehead atoms. The van der Waals surface area contributed by atoms with Gasteiger partial charge in [-0.3, -0.25) is 15.2 Å². The highest BCUT2D eigenvalue weighted by atomic mass is 16.5. The zero-order valence-electron chi connectivity index (χ0n) is 16.2. The fourth-order valence-corrected chi connectivity index (χ4v) is 3.19. The maximum absolute atomic E-state index is 12.4. The SMILES string of the molecule is COc1ccc2c(ccn2CCC(=O)Nc2n[nH]c(-c3ccccc3OC)n2)c1. The summed E-state index contributed by atoms with van der Waals surface area (Å²) < 4.78 is 12.6. The van der Waals surface area contributed by atoms with Gasteiger partial charge in [-0.1, -0.05) is 12.1 Å². The van der Waals surface area contributed by atoms with Gasteiger partial charge in [0.2, 0.25) is 11.9 Å². The molecule has 148 valence electrons. The first-order chi connectivity index (χ1) is 14.2. The molecule has 2 N–H and O–H groups in total. The maximum atomic E-state index is 12.4. The molecule has 1 amide bonds. The van der Waals surface area contributed by atoms with Gasteiger partial charge < -0.3 is 14.0 Å². The van der Waals surface area contributed by atoms with Crippen LogP contribution in [-0.2, 0) is 11.3 Å². The lowest BCUT2D eigenvalue weighted by molar-refractivity contribution is -0.116. The van der Waals surface area contributed by atoms with Crippen molar-refractivity contribution in [3.05, 3.63) is 54.7 Å². The molecule has 0 spiro atoms. The van der Waals surface area contributed by atoms with Crippen molar-refractivity contribution in [1.82, 2.24) is 19.7 Å². The second-order valence-electron chi connectivity index (χ2n) is 6.44. The van der Waals surface area contributed by atoms with Gasteiger partial charge in [-0.05, 0) is 36.4 Å².